The van der Waals surface area contributed by atoms with Crippen molar-refractivity contribution in [1.82, 2.24) is 10.2 Å². The molecule has 1 saturated heterocycles. The monoisotopic (exact) mass is 242 g/mol. The highest BCUT2D eigenvalue weighted by Crippen LogP contribution is 2.13. The number of hydrogen-bond donors (Lipinski definition) is 1. The minimum absolute atomic E-state index is 0.370. The van der Waals surface area contributed by atoms with Crippen LogP contribution in [0, 0.1) is 0 Å². The molecule has 0 radical (unpaired) electrons. The van der Waals surface area contributed by atoms with Crippen LogP contribution in [0.1, 0.15) is 47.5 Å². The molecule has 1 rings (SSSR count). The van der Waals surface area contributed by atoms with Gasteiger partial charge in [0.1, 0.15) is 0 Å². The fourth-order valence-corrected chi connectivity index (χ4v) is 2.62. The zero-order valence-corrected chi connectivity index (χ0v) is 12.2. The van der Waals surface area contributed by atoms with Crippen molar-refractivity contribution < 1.29 is 4.74 Å². The Bertz CT molecular complexity index is 196. The van der Waals surface area contributed by atoms with Gasteiger partial charge in [-0.15, -0.1) is 0 Å². The Balaban J connectivity index is 2.33. The lowest BCUT2D eigenvalue weighted by Gasteiger charge is -2.39. The standard InChI is InChI=1S/C14H30N2O/c1-6-14(7-2)15-8-11(3)16-9-12(4)17-13(5)10-16/h11-15H,6-10H2,1-5H3. The van der Waals surface area contributed by atoms with Gasteiger partial charge in [0, 0.05) is 31.7 Å². The number of ether oxygens (including phenoxy) is 1. The molecule has 0 aliphatic carbocycles. The molecule has 3 heteroatoms. The summed E-state index contributed by atoms with van der Waals surface area (Å²) >= 11 is 0. The van der Waals surface area contributed by atoms with Crippen LogP contribution in [-0.4, -0.2) is 48.8 Å². The van der Waals surface area contributed by atoms with Crippen LogP contribution in [-0.2, 0) is 4.74 Å². The molecule has 0 spiro atoms. The van der Waals surface area contributed by atoms with Crippen LogP contribution in [0.3, 0.4) is 0 Å². The molecule has 1 heterocycles. The molecule has 17 heavy (non-hydrogen) atoms. The fraction of sp³-hybridized carbons (Fsp3) is 1.00. The lowest BCUT2D eigenvalue weighted by atomic mass is 10.1. The first-order valence-electron chi connectivity index (χ1n) is 7.19. The van der Waals surface area contributed by atoms with Crippen molar-refractivity contribution in [2.45, 2.75) is 71.8 Å². The lowest BCUT2D eigenvalue weighted by molar-refractivity contribution is -0.0782. The van der Waals surface area contributed by atoms with Gasteiger partial charge in [0.25, 0.3) is 0 Å². The van der Waals surface area contributed by atoms with Gasteiger partial charge in [-0.3, -0.25) is 4.90 Å². The van der Waals surface area contributed by atoms with Gasteiger partial charge in [0.15, 0.2) is 0 Å². The van der Waals surface area contributed by atoms with E-state index in [4.69, 9.17) is 4.74 Å². The van der Waals surface area contributed by atoms with Gasteiger partial charge in [-0.1, -0.05) is 13.8 Å². The second kappa shape index (κ2) is 7.34. The Morgan fingerprint density at radius 3 is 2.18 bits per heavy atom. The first-order chi connectivity index (χ1) is 8.06. The van der Waals surface area contributed by atoms with Gasteiger partial charge in [0.05, 0.1) is 12.2 Å². The number of morpholine rings is 1. The summed E-state index contributed by atoms with van der Waals surface area (Å²) in [5.74, 6) is 0. The summed E-state index contributed by atoms with van der Waals surface area (Å²) in [6, 6.07) is 1.28. The molecular formula is C14H30N2O. The Morgan fingerprint density at radius 1 is 1.18 bits per heavy atom. The van der Waals surface area contributed by atoms with E-state index in [1.165, 1.54) is 12.8 Å². The van der Waals surface area contributed by atoms with Crippen molar-refractivity contribution in [2.75, 3.05) is 19.6 Å². The fourth-order valence-electron chi connectivity index (χ4n) is 2.62. The van der Waals surface area contributed by atoms with Crippen LogP contribution in [0.4, 0.5) is 0 Å². The molecule has 0 saturated carbocycles. The van der Waals surface area contributed by atoms with Crippen LogP contribution in [0.5, 0.6) is 0 Å². The van der Waals surface area contributed by atoms with E-state index in [2.05, 4.69) is 44.8 Å². The first-order valence-corrected chi connectivity index (χ1v) is 7.19. The van der Waals surface area contributed by atoms with Gasteiger partial charge in [-0.2, -0.15) is 0 Å². The molecule has 102 valence electrons. The maximum absolute atomic E-state index is 5.77. The summed E-state index contributed by atoms with van der Waals surface area (Å²) in [6.07, 6.45) is 3.18. The molecule has 3 atom stereocenters. The number of hydrogen-bond acceptors (Lipinski definition) is 3. The molecular weight excluding hydrogens is 212 g/mol. The average molecular weight is 242 g/mol. The van der Waals surface area contributed by atoms with E-state index in [1.807, 2.05) is 0 Å². The molecule has 1 N–H and O–H groups in total. The predicted molar refractivity (Wildman–Crippen MR) is 73.4 cm³/mol. The molecule has 0 bridgehead atoms. The Hall–Kier alpha value is -0.120. The van der Waals surface area contributed by atoms with Crippen LogP contribution in [0.15, 0.2) is 0 Å². The zero-order valence-electron chi connectivity index (χ0n) is 12.2. The Morgan fingerprint density at radius 2 is 1.71 bits per heavy atom. The first kappa shape index (κ1) is 14.9. The van der Waals surface area contributed by atoms with Gasteiger partial charge >= 0.3 is 0 Å². The normalized spacial score (nSPS) is 28.6. The summed E-state index contributed by atoms with van der Waals surface area (Å²) in [4.78, 5) is 2.55. The summed E-state index contributed by atoms with van der Waals surface area (Å²) < 4.78 is 5.77. The van der Waals surface area contributed by atoms with E-state index >= 15 is 0 Å². The van der Waals surface area contributed by atoms with E-state index in [-0.39, 0.29) is 0 Å². The number of rotatable bonds is 6. The van der Waals surface area contributed by atoms with Gasteiger partial charge in [-0.05, 0) is 33.6 Å². The van der Waals surface area contributed by atoms with Crippen molar-refractivity contribution >= 4 is 0 Å². The lowest BCUT2D eigenvalue weighted by Crippen LogP contribution is -2.52. The summed E-state index contributed by atoms with van der Waals surface area (Å²) in [5, 5.41) is 3.66. The smallest absolute Gasteiger partial charge is 0.0678 e. The molecule has 1 fully saturated rings. The van der Waals surface area contributed by atoms with Crippen LogP contribution in [0.25, 0.3) is 0 Å². The third-order valence-electron chi connectivity index (χ3n) is 3.76. The van der Waals surface area contributed by atoms with Crippen molar-refractivity contribution in [2.24, 2.45) is 0 Å². The quantitative estimate of drug-likeness (QED) is 0.773. The molecule has 3 nitrogen and oxygen atoms in total. The average Bonchev–Trinajstić information content (AvgIpc) is 2.28. The zero-order chi connectivity index (χ0) is 12.8. The number of nitrogens with zero attached hydrogens (tertiary/aromatic N) is 1. The highest BCUT2D eigenvalue weighted by atomic mass is 16.5. The van der Waals surface area contributed by atoms with Crippen molar-refractivity contribution in [3.05, 3.63) is 0 Å². The second-order valence-corrected chi connectivity index (χ2v) is 5.48. The van der Waals surface area contributed by atoms with Crippen LogP contribution in [0.2, 0.25) is 0 Å². The van der Waals surface area contributed by atoms with Gasteiger partial charge in [0.2, 0.25) is 0 Å². The molecule has 1 aliphatic heterocycles. The van der Waals surface area contributed by atoms with E-state index in [0.29, 0.717) is 24.3 Å². The predicted octanol–water partition coefficient (Wildman–Crippen LogP) is 2.26. The highest BCUT2D eigenvalue weighted by Gasteiger charge is 2.25. The molecule has 0 aromatic carbocycles. The summed E-state index contributed by atoms with van der Waals surface area (Å²) in [6.45, 7) is 14.4. The SMILES string of the molecule is CCC(CC)NCC(C)N1CC(C)OC(C)C1. The summed E-state index contributed by atoms with van der Waals surface area (Å²) in [5.41, 5.74) is 0. The van der Waals surface area contributed by atoms with E-state index in [0.717, 1.165) is 19.6 Å². The largest absolute Gasteiger partial charge is 0.373 e. The van der Waals surface area contributed by atoms with Gasteiger partial charge < -0.3 is 10.1 Å². The van der Waals surface area contributed by atoms with E-state index < -0.39 is 0 Å². The third-order valence-corrected chi connectivity index (χ3v) is 3.76. The topological polar surface area (TPSA) is 24.5 Å². The number of nitrogens with one attached hydrogen (secondary N) is 1. The molecule has 0 aromatic heterocycles. The maximum Gasteiger partial charge on any atom is 0.0678 e. The Labute approximate surface area is 107 Å². The van der Waals surface area contributed by atoms with Gasteiger partial charge in [-0.25, -0.2) is 0 Å². The second-order valence-electron chi connectivity index (χ2n) is 5.48. The molecule has 0 amide bonds. The van der Waals surface area contributed by atoms with Crippen LogP contribution >= 0.6 is 0 Å². The molecule has 3 unspecified atom stereocenters. The van der Waals surface area contributed by atoms with Crippen LogP contribution < -0.4 is 5.32 Å². The van der Waals surface area contributed by atoms with E-state index in [1.54, 1.807) is 0 Å². The third kappa shape index (κ3) is 4.94. The molecule has 0 aromatic rings. The van der Waals surface area contributed by atoms with Crippen molar-refractivity contribution in [3.63, 3.8) is 0 Å². The van der Waals surface area contributed by atoms with Crippen molar-refractivity contribution in [1.29, 1.82) is 0 Å². The van der Waals surface area contributed by atoms with E-state index in [9.17, 15) is 0 Å². The molecule has 1 aliphatic rings. The maximum atomic E-state index is 5.77. The minimum Gasteiger partial charge on any atom is -0.373 e. The van der Waals surface area contributed by atoms with Crippen molar-refractivity contribution in [3.8, 4) is 0 Å². The minimum atomic E-state index is 0.370. The highest BCUT2D eigenvalue weighted by molar-refractivity contribution is 4.79. The Kier molecular flexibility index (Phi) is 6.45. The summed E-state index contributed by atoms with van der Waals surface area (Å²) in [7, 11) is 0.